The van der Waals surface area contributed by atoms with E-state index in [-0.39, 0.29) is 31.4 Å². The molecule has 0 saturated heterocycles. The molecule has 2 aromatic rings. The van der Waals surface area contributed by atoms with Crippen LogP contribution in [0.5, 0.6) is 5.75 Å². The Hall–Kier alpha value is -2.41. The number of carbonyl (C=O) groups is 2. The van der Waals surface area contributed by atoms with Crippen molar-refractivity contribution in [3.8, 4) is 17.0 Å². The molecule has 2 heterocycles. The average Bonchev–Trinajstić information content (AvgIpc) is 3.00. The first-order chi connectivity index (χ1) is 11.6. The highest BCUT2D eigenvalue weighted by molar-refractivity contribution is 7.09. The zero-order chi connectivity index (χ0) is 17.1. The smallest absolute Gasteiger partial charge is 0.307 e. The number of hydrogen-bond acceptors (Lipinski definition) is 6. The second-order valence-electron chi connectivity index (χ2n) is 5.32. The number of amides is 1. The van der Waals surface area contributed by atoms with E-state index in [9.17, 15) is 9.59 Å². The highest BCUT2D eigenvalue weighted by atomic mass is 32.1. The largest absolute Gasteiger partial charge is 0.482 e. The van der Waals surface area contributed by atoms with Crippen LogP contribution < -0.4 is 9.64 Å². The Morgan fingerprint density at radius 1 is 1.46 bits per heavy atom. The van der Waals surface area contributed by atoms with Gasteiger partial charge in [-0.25, -0.2) is 4.98 Å². The minimum atomic E-state index is -0.315. The molecule has 126 valence electrons. The summed E-state index contributed by atoms with van der Waals surface area (Å²) in [5, 5.41) is 2.96. The van der Waals surface area contributed by atoms with Gasteiger partial charge in [0.1, 0.15) is 5.75 Å². The normalized spacial score (nSPS) is 13.4. The number of esters is 1. The molecule has 0 atom stereocenters. The van der Waals surface area contributed by atoms with Gasteiger partial charge in [0.25, 0.3) is 5.91 Å². The van der Waals surface area contributed by atoms with Crippen LogP contribution in [0.2, 0.25) is 0 Å². The molecule has 24 heavy (non-hydrogen) atoms. The molecule has 0 aliphatic carbocycles. The van der Waals surface area contributed by atoms with Crippen molar-refractivity contribution >= 4 is 28.9 Å². The molecule has 1 amide bonds. The number of nitrogens with zero attached hydrogens (tertiary/aromatic N) is 2. The van der Waals surface area contributed by atoms with Gasteiger partial charge in [-0.2, -0.15) is 0 Å². The third-order valence-corrected chi connectivity index (χ3v) is 4.44. The van der Waals surface area contributed by atoms with Gasteiger partial charge in [0.2, 0.25) is 0 Å². The van der Waals surface area contributed by atoms with Crippen molar-refractivity contribution < 1.29 is 19.1 Å². The lowest BCUT2D eigenvalue weighted by atomic mass is 10.1. The van der Waals surface area contributed by atoms with Crippen molar-refractivity contribution in [2.24, 2.45) is 0 Å². The minimum Gasteiger partial charge on any atom is -0.482 e. The number of benzene rings is 1. The number of rotatable bonds is 5. The molecule has 1 aliphatic rings. The van der Waals surface area contributed by atoms with E-state index in [1.807, 2.05) is 30.5 Å². The Balaban J connectivity index is 1.87. The van der Waals surface area contributed by atoms with E-state index in [4.69, 9.17) is 9.47 Å². The van der Waals surface area contributed by atoms with Crippen LogP contribution in [0.25, 0.3) is 11.3 Å². The molecule has 7 heteroatoms. The fourth-order valence-electron chi connectivity index (χ4n) is 2.54. The summed E-state index contributed by atoms with van der Waals surface area (Å²) in [7, 11) is 0. The maximum Gasteiger partial charge on any atom is 0.307 e. The summed E-state index contributed by atoms with van der Waals surface area (Å²) in [5.41, 5.74) is 2.44. The lowest BCUT2D eigenvalue weighted by Gasteiger charge is -2.29. The molecule has 3 rings (SSSR count). The van der Waals surface area contributed by atoms with Crippen LogP contribution in [0.1, 0.15) is 18.4 Å². The molecule has 0 spiro atoms. The van der Waals surface area contributed by atoms with E-state index in [1.54, 1.807) is 23.2 Å². The standard InChI is InChI=1S/C17H18N2O4S/c1-3-22-17(21)6-7-19-14-8-12(13-10-24-11(2)18-13)4-5-15(14)23-9-16(19)20/h4-5,8,10H,3,6-7,9H2,1-2H3. The first-order valence-electron chi connectivity index (χ1n) is 7.74. The van der Waals surface area contributed by atoms with Crippen molar-refractivity contribution in [3.63, 3.8) is 0 Å². The SMILES string of the molecule is CCOC(=O)CCN1C(=O)COc2ccc(-c3csc(C)n3)cc21. The van der Waals surface area contributed by atoms with Crippen molar-refractivity contribution in [3.05, 3.63) is 28.6 Å². The summed E-state index contributed by atoms with van der Waals surface area (Å²) in [6, 6.07) is 5.64. The van der Waals surface area contributed by atoms with Crippen LogP contribution >= 0.6 is 11.3 Å². The fraction of sp³-hybridized carbons (Fsp3) is 0.353. The molecule has 0 unspecified atom stereocenters. The predicted molar refractivity (Wildman–Crippen MR) is 91.4 cm³/mol. The van der Waals surface area contributed by atoms with Crippen LogP contribution in [0, 0.1) is 6.92 Å². The molecule has 6 nitrogen and oxygen atoms in total. The summed E-state index contributed by atoms with van der Waals surface area (Å²) >= 11 is 1.57. The number of ether oxygens (including phenoxy) is 2. The summed E-state index contributed by atoms with van der Waals surface area (Å²) in [6.07, 6.45) is 0.152. The average molecular weight is 346 g/mol. The highest BCUT2D eigenvalue weighted by Crippen LogP contribution is 2.36. The summed E-state index contributed by atoms with van der Waals surface area (Å²) in [4.78, 5) is 29.9. The molecule has 1 aromatic heterocycles. The van der Waals surface area contributed by atoms with Gasteiger partial charge in [-0.05, 0) is 32.0 Å². The van der Waals surface area contributed by atoms with Gasteiger partial charge in [0, 0.05) is 17.5 Å². The van der Waals surface area contributed by atoms with Gasteiger partial charge in [-0.3, -0.25) is 9.59 Å². The summed E-state index contributed by atoms with van der Waals surface area (Å²) < 4.78 is 10.4. The first-order valence-corrected chi connectivity index (χ1v) is 8.61. The molecule has 0 N–H and O–H groups in total. The monoisotopic (exact) mass is 346 g/mol. The Labute approximate surface area is 144 Å². The van der Waals surface area contributed by atoms with Crippen LogP contribution in [0.4, 0.5) is 5.69 Å². The van der Waals surface area contributed by atoms with Gasteiger partial charge in [0.15, 0.2) is 6.61 Å². The van der Waals surface area contributed by atoms with Crippen LogP contribution in [0.3, 0.4) is 0 Å². The third kappa shape index (κ3) is 3.41. The van der Waals surface area contributed by atoms with Crippen LogP contribution in [-0.4, -0.2) is 36.6 Å². The number of aryl methyl sites for hydroxylation is 1. The quantitative estimate of drug-likeness (QED) is 0.779. The third-order valence-electron chi connectivity index (χ3n) is 3.66. The summed E-state index contributed by atoms with van der Waals surface area (Å²) in [6.45, 7) is 4.29. The lowest BCUT2D eigenvalue weighted by Crippen LogP contribution is -2.40. The van der Waals surface area contributed by atoms with E-state index in [1.165, 1.54) is 0 Å². The first kappa shape index (κ1) is 16.4. The highest BCUT2D eigenvalue weighted by Gasteiger charge is 2.26. The van der Waals surface area contributed by atoms with E-state index < -0.39 is 0 Å². The van der Waals surface area contributed by atoms with Crippen molar-refractivity contribution in [1.82, 2.24) is 4.98 Å². The number of thiazole rings is 1. The van der Waals surface area contributed by atoms with Crippen molar-refractivity contribution in [2.45, 2.75) is 20.3 Å². The number of fused-ring (bicyclic) bond motifs is 1. The molecular weight excluding hydrogens is 328 g/mol. The van der Waals surface area contributed by atoms with Gasteiger partial charge in [0.05, 0.1) is 29.4 Å². The zero-order valence-corrected chi connectivity index (χ0v) is 14.4. The second-order valence-corrected chi connectivity index (χ2v) is 6.39. The molecule has 0 bridgehead atoms. The molecule has 0 radical (unpaired) electrons. The second kappa shape index (κ2) is 7.00. The Bertz CT molecular complexity index is 772. The van der Waals surface area contributed by atoms with Crippen molar-refractivity contribution in [1.29, 1.82) is 0 Å². The van der Waals surface area contributed by atoms with Crippen LogP contribution in [0.15, 0.2) is 23.6 Å². The predicted octanol–water partition coefficient (Wildman–Crippen LogP) is 2.80. The molecular formula is C17H18N2O4S. The lowest BCUT2D eigenvalue weighted by molar-refractivity contribution is -0.142. The molecule has 0 saturated carbocycles. The molecule has 1 aromatic carbocycles. The van der Waals surface area contributed by atoms with E-state index in [0.717, 1.165) is 16.3 Å². The van der Waals surface area contributed by atoms with Gasteiger partial charge in [-0.1, -0.05) is 0 Å². The van der Waals surface area contributed by atoms with Gasteiger partial charge >= 0.3 is 5.97 Å². The van der Waals surface area contributed by atoms with Gasteiger partial charge < -0.3 is 14.4 Å². The maximum atomic E-state index is 12.2. The molecule has 0 fully saturated rings. The van der Waals surface area contributed by atoms with Gasteiger partial charge in [-0.15, -0.1) is 11.3 Å². The number of anilines is 1. The van der Waals surface area contributed by atoms with E-state index >= 15 is 0 Å². The van der Waals surface area contributed by atoms with Crippen LogP contribution in [-0.2, 0) is 14.3 Å². The fourth-order valence-corrected chi connectivity index (χ4v) is 3.16. The number of aromatic nitrogens is 1. The van der Waals surface area contributed by atoms with Crippen molar-refractivity contribution in [2.75, 3.05) is 24.7 Å². The zero-order valence-electron chi connectivity index (χ0n) is 13.6. The summed E-state index contributed by atoms with van der Waals surface area (Å²) in [5.74, 6) is 0.150. The van der Waals surface area contributed by atoms with E-state index in [0.29, 0.717) is 18.0 Å². The minimum absolute atomic E-state index is 0.0228. The topological polar surface area (TPSA) is 68.7 Å². The Morgan fingerprint density at radius 3 is 3.00 bits per heavy atom. The maximum absolute atomic E-state index is 12.2. The number of carbonyl (C=O) groups excluding carboxylic acids is 2. The Kier molecular flexibility index (Phi) is 4.80. The Morgan fingerprint density at radius 2 is 2.29 bits per heavy atom. The number of hydrogen-bond donors (Lipinski definition) is 0. The van der Waals surface area contributed by atoms with E-state index in [2.05, 4.69) is 4.98 Å². The molecule has 1 aliphatic heterocycles.